The van der Waals surface area contributed by atoms with Crippen molar-refractivity contribution >= 4 is 5.95 Å². The van der Waals surface area contributed by atoms with Crippen LogP contribution in [-0.4, -0.2) is 50.1 Å². The Balaban J connectivity index is 1.44. The van der Waals surface area contributed by atoms with Crippen LogP contribution >= 0.6 is 0 Å². The topological polar surface area (TPSA) is 58.9 Å². The van der Waals surface area contributed by atoms with E-state index in [1.807, 2.05) is 24.4 Å². The first-order valence-corrected chi connectivity index (χ1v) is 11.4. The Morgan fingerprint density at radius 1 is 1.00 bits per heavy atom. The second-order valence-corrected chi connectivity index (χ2v) is 8.99. The van der Waals surface area contributed by atoms with E-state index in [2.05, 4.69) is 19.8 Å². The summed E-state index contributed by atoms with van der Waals surface area (Å²) in [7, 11) is 0. The second kappa shape index (κ2) is 7.71. The third-order valence-electron chi connectivity index (χ3n) is 6.92. The Bertz CT molecular complexity index is 1080. The van der Waals surface area contributed by atoms with Gasteiger partial charge in [0.2, 0.25) is 5.95 Å². The van der Waals surface area contributed by atoms with Gasteiger partial charge >= 0.3 is 0 Å². The number of nitrogens with one attached hydrogen (secondary N) is 1. The molecule has 160 valence electrons. The van der Waals surface area contributed by atoms with E-state index in [9.17, 15) is 4.39 Å². The normalized spacial score (nSPS) is 20.9. The number of rotatable bonds is 6. The first-order valence-electron chi connectivity index (χ1n) is 11.4. The van der Waals surface area contributed by atoms with Gasteiger partial charge in [0.1, 0.15) is 11.6 Å². The van der Waals surface area contributed by atoms with Gasteiger partial charge in [-0.3, -0.25) is 0 Å². The minimum Gasteiger partial charge on any atom is -0.351 e. The highest BCUT2D eigenvalue weighted by molar-refractivity contribution is 5.78. The maximum Gasteiger partial charge on any atom is 0.223 e. The maximum absolute atomic E-state index is 13.6. The van der Waals surface area contributed by atoms with Crippen LogP contribution in [0.1, 0.15) is 44.0 Å². The number of fused-ring (bicyclic) bond motifs is 1. The molecule has 3 aliphatic rings. The third-order valence-corrected chi connectivity index (χ3v) is 6.92. The lowest BCUT2D eigenvalue weighted by atomic mass is 9.93. The Labute approximate surface area is 181 Å². The number of anilines is 1. The van der Waals surface area contributed by atoms with E-state index in [-0.39, 0.29) is 5.82 Å². The van der Waals surface area contributed by atoms with Crippen molar-refractivity contribution in [2.75, 3.05) is 25.0 Å². The predicted molar refractivity (Wildman–Crippen MR) is 118 cm³/mol. The molecular weight excluding hydrogens is 391 g/mol. The molecule has 2 aliphatic heterocycles. The smallest absolute Gasteiger partial charge is 0.223 e. The quantitative estimate of drug-likeness (QED) is 0.647. The van der Waals surface area contributed by atoms with Crippen LogP contribution in [0.25, 0.3) is 22.6 Å². The zero-order valence-electron chi connectivity index (χ0n) is 17.6. The van der Waals surface area contributed by atoms with Crippen LogP contribution in [0.15, 0.2) is 36.5 Å². The van der Waals surface area contributed by atoms with Crippen molar-refractivity contribution in [3.8, 4) is 22.6 Å². The van der Waals surface area contributed by atoms with Crippen molar-refractivity contribution in [1.82, 2.24) is 24.4 Å². The standard InChI is InChI=1S/C24H27FN6/c25-17-7-5-16(6-8-17)22-23(20-11-12-26-24(28-20)27-18-3-1-4-18)31-19(9-10-21(31)29-22)15-30-13-2-14-30/h5-8,11-12,18-19H,1-4,9-10,13-15H2,(H,26,27,28). The molecule has 2 aromatic heterocycles. The Kier molecular flexibility index (Phi) is 4.71. The average Bonchev–Trinajstić information content (AvgIpc) is 3.28. The van der Waals surface area contributed by atoms with Crippen molar-refractivity contribution in [3.63, 3.8) is 0 Å². The molecule has 0 radical (unpaired) electrons. The lowest BCUT2D eigenvalue weighted by Gasteiger charge is -2.33. The molecule has 1 aromatic carbocycles. The highest BCUT2D eigenvalue weighted by Crippen LogP contribution is 2.40. The number of hydrogen-bond acceptors (Lipinski definition) is 5. The van der Waals surface area contributed by atoms with Crippen LogP contribution in [0, 0.1) is 5.82 Å². The van der Waals surface area contributed by atoms with Crippen LogP contribution < -0.4 is 5.32 Å². The van der Waals surface area contributed by atoms with Crippen LogP contribution in [0.4, 0.5) is 10.3 Å². The molecule has 0 bridgehead atoms. The summed E-state index contributed by atoms with van der Waals surface area (Å²) in [4.78, 5) is 16.9. The summed E-state index contributed by atoms with van der Waals surface area (Å²) in [5, 5.41) is 3.47. The lowest BCUT2D eigenvalue weighted by Crippen LogP contribution is -2.40. The summed E-state index contributed by atoms with van der Waals surface area (Å²) in [6.07, 6.45) is 8.80. The molecule has 4 heterocycles. The molecule has 6 rings (SSSR count). The van der Waals surface area contributed by atoms with E-state index >= 15 is 0 Å². The highest BCUT2D eigenvalue weighted by atomic mass is 19.1. The van der Waals surface area contributed by atoms with Crippen molar-refractivity contribution in [2.24, 2.45) is 0 Å². The van der Waals surface area contributed by atoms with Gasteiger partial charge in [-0.1, -0.05) is 0 Å². The molecule has 1 unspecified atom stereocenters. The van der Waals surface area contributed by atoms with Gasteiger partial charge in [0.15, 0.2) is 0 Å². The molecular formula is C24H27FN6. The maximum atomic E-state index is 13.6. The van der Waals surface area contributed by atoms with Gasteiger partial charge in [0, 0.05) is 36.8 Å². The van der Waals surface area contributed by atoms with Gasteiger partial charge in [0.25, 0.3) is 0 Å². The summed E-state index contributed by atoms with van der Waals surface area (Å²) in [5.41, 5.74) is 3.72. The summed E-state index contributed by atoms with van der Waals surface area (Å²) < 4.78 is 16.0. The largest absolute Gasteiger partial charge is 0.351 e. The van der Waals surface area contributed by atoms with Crippen molar-refractivity contribution < 1.29 is 4.39 Å². The van der Waals surface area contributed by atoms with E-state index in [1.165, 1.54) is 50.9 Å². The van der Waals surface area contributed by atoms with Crippen LogP contribution in [0.5, 0.6) is 0 Å². The zero-order valence-corrected chi connectivity index (χ0v) is 17.6. The fourth-order valence-electron chi connectivity index (χ4n) is 4.86. The number of aryl methyl sites for hydroxylation is 1. The minimum atomic E-state index is -0.235. The molecule has 3 aromatic rings. The predicted octanol–water partition coefficient (Wildman–Crippen LogP) is 4.30. The number of aromatic nitrogens is 4. The molecule has 0 spiro atoms. The lowest BCUT2D eigenvalue weighted by molar-refractivity contribution is 0.156. The minimum absolute atomic E-state index is 0.235. The molecule has 1 N–H and O–H groups in total. The number of benzene rings is 1. The molecule has 7 heteroatoms. The Morgan fingerprint density at radius 3 is 2.55 bits per heavy atom. The summed E-state index contributed by atoms with van der Waals surface area (Å²) >= 11 is 0. The Morgan fingerprint density at radius 2 is 1.84 bits per heavy atom. The van der Waals surface area contributed by atoms with Gasteiger partial charge < -0.3 is 14.8 Å². The van der Waals surface area contributed by atoms with E-state index < -0.39 is 0 Å². The molecule has 0 amide bonds. The average molecular weight is 419 g/mol. The fraction of sp³-hybridized carbons (Fsp3) is 0.458. The van der Waals surface area contributed by atoms with E-state index in [1.54, 1.807) is 0 Å². The summed E-state index contributed by atoms with van der Waals surface area (Å²) in [6, 6.07) is 9.48. The highest BCUT2D eigenvalue weighted by Gasteiger charge is 2.33. The fourth-order valence-corrected chi connectivity index (χ4v) is 4.86. The Hall–Kier alpha value is -2.80. The second-order valence-electron chi connectivity index (χ2n) is 8.99. The van der Waals surface area contributed by atoms with Gasteiger partial charge in [0.05, 0.1) is 17.1 Å². The number of likely N-dealkylation sites (tertiary alicyclic amines) is 1. The van der Waals surface area contributed by atoms with E-state index in [0.717, 1.165) is 47.9 Å². The van der Waals surface area contributed by atoms with Crippen molar-refractivity contribution in [2.45, 2.75) is 50.6 Å². The third kappa shape index (κ3) is 3.51. The number of halogens is 1. The molecule has 1 saturated carbocycles. The summed E-state index contributed by atoms with van der Waals surface area (Å²) in [6.45, 7) is 3.42. The van der Waals surface area contributed by atoms with Crippen LogP contribution in [0.2, 0.25) is 0 Å². The molecule has 6 nitrogen and oxygen atoms in total. The molecule has 2 fully saturated rings. The molecule has 1 aliphatic carbocycles. The molecule has 1 saturated heterocycles. The van der Waals surface area contributed by atoms with Crippen molar-refractivity contribution in [1.29, 1.82) is 0 Å². The SMILES string of the molecule is Fc1ccc(-c2nc3n(c2-c2ccnc(NC4CCC4)n2)C(CN2CCC2)CC3)cc1. The van der Waals surface area contributed by atoms with Gasteiger partial charge in [-0.05, 0) is 75.5 Å². The van der Waals surface area contributed by atoms with Crippen LogP contribution in [0.3, 0.4) is 0 Å². The van der Waals surface area contributed by atoms with Gasteiger partial charge in [-0.25, -0.2) is 19.3 Å². The first-order chi connectivity index (χ1) is 15.2. The number of hydrogen-bond donors (Lipinski definition) is 1. The van der Waals surface area contributed by atoms with Crippen molar-refractivity contribution in [3.05, 3.63) is 48.2 Å². The zero-order chi connectivity index (χ0) is 20.8. The van der Waals surface area contributed by atoms with E-state index in [0.29, 0.717) is 18.0 Å². The first kappa shape index (κ1) is 18.9. The number of nitrogens with zero attached hydrogens (tertiary/aromatic N) is 5. The number of imidazole rings is 1. The van der Waals surface area contributed by atoms with E-state index in [4.69, 9.17) is 9.97 Å². The molecule has 31 heavy (non-hydrogen) atoms. The monoisotopic (exact) mass is 418 g/mol. The van der Waals surface area contributed by atoms with Gasteiger partial charge in [-0.15, -0.1) is 0 Å². The van der Waals surface area contributed by atoms with Gasteiger partial charge in [-0.2, -0.15) is 0 Å². The molecule has 1 atom stereocenters. The van der Waals surface area contributed by atoms with Crippen LogP contribution in [-0.2, 0) is 6.42 Å². The summed E-state index contributed by atoms with van der Waals surface area (Å²) in [5.74, 6) is 1.55.